The zero-order valence-electron chi connectivity index (χ0n) is 7.64. The standard InChI is InChI=1S/C9H19O2/c1-3-5-7-11-9-8-10-6-4-2/h9H,3-8H2,1-2H3. The van der Waals surface area contributed by atoms with Crippen molar-refractivity contribution in [2.45, 2.75) is 33.1 Å². The van der Waals surface area contributed by atoms with E-state index in [1.165, 1.54) is 6.42 Å². The molecule has 0 bridgehead atoms. The second kappa shape index (κ2) is 9.92. The lowest BCUT2D eigenvalue weighted by atomic mass is 10.4. The molecule has 0 atom stereocenters. The predicted molar refractivity (Wildman–Crippen MR) is 46.3 cm³/mol. The van der Waals surface area contributed by atoms with E-state index in [4.69, 9.17) is 9.47 Å². The maximum absolute atomic E-state index is 5.18. The third-order valence-corrected chi connectivity index (χ3v) is 1.27. The van der Waals surface area contributed by atoms with Crippen LogP contribution in [0, 0.1) is 6.61 Å². The van der Waals surface area contributed by atoms with E-state index in [-0.39, 0.29) is 0 Å². The van der Waals surface area contributed by atoms with Gasteiger partial charge in [0.25, 0.3) is 0 Å². The number of ether oxygens (including phenoxy) is 2. The fourth-order valence-electron chi connectivity index (χ4n) is 0.635. The lowest BCUT2D eigenvalue weighted by Crippen LogP contribution is -2.00. The molecule has 0 aromatic heterocycles. The molecular formula is C9H19O2. The van der Waals surface area contributed by atoms with E-state index in [1.807, 2.05) is 0 Å². The predicted octanol–water partition coefficient (Wildman–Crippen LogP) is 2.39. The monoisotopic (exact) mass is 159 g/mol. The van der Waals surface area contributed by atoms with Crippen LogP contribution in [0.15, 0.2) is 0 Å². The molecule has 0 saturated heterocycles. The summed E-state index contributed by atoms with van der Waals surface area (Å²) in [7, 11) is 0. The Kier molecular flexibility index (Phi) is 9.85. The van der Waals surface area contributed by atoms with Crippen LogP contribution in [0.25, 0.3) is 0 Å². The lowest BCUT2D eigenvalue weighted by molar-refractivity contribution is 0.0896. The first-order valence-corrected chi connectivity index (χ1v) is 4.42. The molecule has 0 aromatic carbocycles. The van der Waals surface area contributed by atoms with E-state index >= 15 is 0 Å². The van der Waals surface area contributed by atoms with Gasteiger partial charge >= 0.3 is 0 Å². The van der Waals surface area contributed by atoms with Gasteiger partial charge in [-0.15, -0.1) is 0 Å². The molecule has 0 aliphatic heterocycles. The third-order valence-electron chi connectivity index (χ3n) is 1.27. The Bertz CT molecular complexity index is 56.6. The highest BCUT2D eigenvalue weighted by atomic mass is 16.5. The molecule has 0 rings (SSSR count). The molecule has 11 heavy (non-hydrogen) atoms. The Morgan fingerprint density at radius 2 is 1.91 bits per heavy atom. The molecule has 0 aromatic rings. The van der Waals surface area contributed by atoms with Gasteiger partial charge in [0.15, 0.2) is 0 Å². The highest BCUT2D eigenvalue weighted by molar-refractivity contribution is 4.46. The van der Waals surface area contributed by atoms with Gasteiger partial charge in [0, 0.05) is 13.2 Å². The zero-order chi connectivity index (χ0) is 8.36. The summed E-state index contributed by atoms with van der Waals surface area (Å²) in [5, 5.41) is 0. The summed E-state index contributed by atoms with van der Waals surface area (Å²) in [6.07, 6.45) is 3.39. The Hall–Kier alpha value is -0.0800. The van der Waals surface area contributed by atoms with Gasteiger partial charge in [0.05, 0.1) is 6.61 Å². The van der Waals surface area contributed by atoms with Gasteiger partial charge in [-0.05, 0) is 12.8 Å². The van der Waals surface area contributed by atoms with Crippen LogP contribution < -0.4 is 0 Å². The number of rotatable bonds is 8. The van der Waals surface area contributed by atoms with Crippen LogP contribution in [-0.4, -0.2) is 19.8 Å². The van der Waals surface area contributed by atoms with Crippen LogP contribution in [0.5, 0.6) is 0 Å². The molecule has 0 N–H and O–H groups in total. The van der Waals surface area contributed by atoms with E-state index in [1.54, 1.807) is 6.61 Å². The Morgan fingerprint density at radius 3 is 2.55 bits per heavy atom. The molecule has 0 unspecified atom stereocenters. The van der Waals surface area contributed by atoms with E-state index in [9.17, 15) is 0 Å². The quantitative estimate of drug-likeness (QED) is 0.506. The molecule has 0 amide bonds. The number of hydrogen-bond donors (Lipinski definition) is 0. The first-order chi connectivity index (χ1) is 5.41. The summed E-state index contributed by atoms with van der Waals surface area (Å²) in [6.45, 7) is 8.26. The average Bonchev–Trinajstić information content (AvgIpc) is 2.03. The van der Waals surface area contributed by atoms with Crippen molar-refractivity contribution in [1.29, 1.82) is 0 Å². The summed E-state index contributed by atoms with van der Waals surface area (Å²) in [4.78, 5) is 0. The van der Waals surface area contributed by atoms with E-state index in [0.717, 1.165) is 26.1 Å². The normalized spacial score (nSPS) is 10.4. The Morgan fingerprint density at radius 1 is 1.09 bits per heavy atom. The first-order valence-electron chi connectivity index (χ1n) is 4.42. The molecule has 0 spiro atoms. The summed E-state index contributed by atoms with van der Waals surface area (Å²) in [5.74, 6) is 0. The van der Waals surface area contributed by atoms with Crippen LogP contribution in [-0.2, 0) is 9.47 Å². The molecule has 67 valence electrons. The van der Waals surface area contributed by atoms with E-state index in [2.05, 4.69) is 13.8 Å². The minimum atomic E-state index is 0.623. The van der Waals surface area contributed by atoms with Crippen LogP contribution in [0.3, 0.4) is 0 Å². The molecule has 0 saturated carbocycles. The average molecular weight is 159 g/mol. The smallest absolute Gasteiger partial charge is 0.109 e. The van der Waals surface area contributed by atoms with Gasteiger partial charge in [-0.2, -0.15) is 0 Å². The van der Waals surface area contributed by atoms with Gasteiger partial charge < -0.3 is 9.47 Å². The highest BCUT2D eigenvalue weighted by Gasteiger charge is 1.88. The summed E-state index contributed by atoms with van der Waals surface area (Å²) >= 11 is 0. The first kappa shape index (κ1) is 10.9. The van der Waals surface area contributed by atoms with Crippen LogP contribution >= 0.6 is 0 Å². The van der Waals surface area contributed by atoms with Gasteiger partial charge in [-0.3, -0.25) is 0 Å². The fourth-order valence-corrected chi connectivity index (χ4v) is 0.635. The Balaban J connectivity index is 2.69. The maximum Gasteiger partial charge on any atom is 0.109 e. The molecule has 2 nitrogen and oxygen atoms in total. The van der Waals surface area contributed by atoms with Crippen molar-refractivity contribution in [3.63, 3.8) is 0 Å². The van der Waals surface area contributed by atoms with Gasteiger partial charge in [0.1, 0.15) is 6.61 Å². The second-order valence-electron chi connectivity index (χ2n) is 2.47. The number of hydrogen-bond acceptors (Lipinski definition) is 2. The fraction of sp³-hybridized carbons (Fsp3) is 0.889. The summed E-state index contributed by atoms with van der Waals surface area (Å²) < 4.78 is 10.4. The third kappa shape index (κ3) is 9.92. The summed E-state index contributed by atoms with van der Waals surface area (Å²) in [6, 6.07) is 0. The van der Waals surface area contributed by atoms with E-state index in [0.29, 0.717) is 6.61 Å². The van der Waals surface area contributed by atoms with Gasteiger partial charge in [-0.25, -0.2) is 0 Å². The molecule has 2 heteroatoms. The van der Waals surface area contributed by atoms with Crippen molar-refractivity contribution in [3.05, 3.63) is 6.61 Å². The molecule has 1 radical (unpaired) electrons. The molecule has 0 heterocycles. The van der Waals surface area contributed by atoms with Crippen LogP contribution in [0.4, 0.5) is 0 Å². The van der Waals surface area contributed by atoms with Crippen molar-refractivity contribution >= 4 is 0 Å². The van der Waals surface area contributed by atoms with Crippen molar-refractivity contribution in [3.8, 4) is 0 Å². The topological polar surface area (TPSA) is 18.5 Å². The van der Waals surface area contributed by atoms with Gasteiger partial charge in [-0.1, -0.05) is 20.3 Å². The number of unbranched alkanes of at least 4 members (excludes halogenated alkanes) is 1. The molecule has 0 aliphatic carbocycles. The summed E-state index contributed by atoms with van der Waals surface area (Å²) in [5.41, 5.74) is 0. The largest absolute Gasteiger partial charge is 0.379 e. The molecular weight excluding hydrogens is 140 g/mol. The van der Waals surface area contributed by atoms with Crippen molar-refractivity contribution < 1.29 is 9.47 Å². The van der Waals surface area contributed by atoms with Crippen molar-refractivity contribution in [2.24, 2.45) is 0 Å². The SMILES string of the molecule is CCCCO[CH]COCCC. The van der Waals surface area contributed by atoms with Crippen LogP contribution in [0.1, 0.15) is 33.1 Å². The second-order valence-corrected chi connectivity index (χ2v) is 2.47. The zero-order valence-corrected chi connectivity index (χ0v) is 7.64. The molecule has 0 fully saturated rings. The maximum atomic E-state index is 5.18. The van der Waals surface area contributed by atoms with E-state index < -0.39 is 0 Å². The lowest BCUT2D eigenvalue weighted by Gasteiger charge is -2.02. The highest BCUT2D eigenvalue weighted by Crippen LogP contribution is 1.91. The van der Waals surface area contributed by atoms with Crippen molar-refractivity contribution in [2.75, 3.05) is 19.8 Å². The Labute approximate surface area is 69.9 Å². The van der Waals surface area contributed by atoms with Crippen LogP contribution in [0.2, 0.25) is 0 Å². The minimum Gasteiger partial charge on any atom is -0.379 e. The minimum absolute atomic E-state index is 0.623. The molecule has 0 aliphatic rings. The van der Waals surface area contributed by atoms with Crippen molar-refractivity contribution in [1.82, 2.24) is 0 Å². The van der Waals surface area contributed by atoms with Gasteiger partial charge in [0.2, 0.25) is 0 Å².